The van der Waals surface area contributed by atoms with E-state index in [0.717, 1.165) is 5.56 Å². The zero-order valence-electron chi connectivity index (χ0n) is 14.5. The lowest BCUT2D eigenvalue weighted by Gasteiger charge is -2.23. The summed E-state index contributed by atoms with van der Waals surface area (Å²) in [7, 11) is 1.65. The highest BCUT2D eigenvalue weighted by atomic mass is 35.5. The highest BCUT2D eigenvalue weighted by Gasteiger charge is 2.37. The highest BCUT2D eigenvalue weighted by Crippen LogP contribution is 2.20. The lowest BCUT2D eigenvalue weighted by Crippen LogP contribution is -2.43. The second kappa shape index (κ2) is 8.80. The average Bonchev–Trinajstić information content (AvgIpc) is 3.10. The number of carbonyl (C=O) groups excluding carboxylic acids is 3. The van der Waals surface area contributed by atoms with Gasteiger partial charge >= 0.3 is 5.97 Å². The summed E-state index contributed by atoms with van der Waals surface area (Å²) in [6.45, 7) is 0.741. The van der Waals surface area contributed by atoms with Gasteiger partial charge in [0.25, 0.3) is 5.78 Å². The molecule has 0 spiro atoms. The van der Waals surface area contributed by atoms with Gasteiger partial charge in [-0.05, 0) is 30.5 Å². The number of Topliss-reactive ketones (excluding diaryl/α,β-unsaturated/α-hetero) is 1. The molecule has 1 heterocycles. The number of carbonyl (C=O) groups is 4. The molecule has 2 amide bonds. The quantitative estimate of drug-likeness (QED) is 0.727. The molecule has 0 saturated carbocycles. The van der Waals surface area contributed by atoms with Crippen LogP contribution in [-0.4, -0.2) is 58.1 Å². The largest absolute Gasteiger partial charge is 0.475 e. The molecule has 1 N–H and O–H groups in total. The lowest BCUT2D eigenvalue weighted by molar-refractivity contribution is -0.153. The fraction of sp³-hybridized carbons (Fsp3) is 0.444. The maximum atomic E-state index is 12.3. The molecule has 0 aliphatic carbocycles. The Bertz CT molecular complexity index is 704. The molecular weight excluding hydrogens is 360 g/mol. The van der Waals surface area contributed by atoms with Gasteiger partial charge in [0, 0.05) is 38.0 Å². The number of rotatable bonds is 7. The standard InChI is InChI=1S/C18H21ClN2O5/c1-20(11-12-4-6-13(19)7-5-12)15(22)8-9-16(23)21-10-2-3-14(21)17(24)18(25)26/h4-7,14H,2-3,8-11H2,1H3,(H,25,26). The molecule has 1 aliphatic heterocycles. The molecule has 1 atom stereocenters. The predicted octanol–water partition coefficient (Wildman–Crippen LogP) is 1.72. The van der Waals surface area contributed by atoms with Crippen LogP contribution >= 0.6 is 11.6 Å². The summed E-state index contributed by atoms with van der Waals surface area (Å²) in [6.07, 6.45) is 0.891. The van der Waals surface area contributed by atoms with Gasteiger partial charge in [-0.1, -0.05) is 23.7 Å². The summed E-state index contributed by atoms with van der Waals surface area (Å²) in [5.74, 6) is -3.07. The van der Waals surface area contributed by atoms with Crippen LogP contribution in [0.3, 0.4) is 0 Å². The third-order valence-corrected chi connectivity index (χ3v) is 4.65. The summed E-state index contributed by atoms with van der Waals surface area (Å²) in [6, 6.07) is 6.21. The number of halogens is 1. The summed E-state index contributed by atoms with van der Waals surface area (Å²) in [4.78, 5) is 49.8. The zero-order chi connectivity index (χ0) is 19.3. The van der Waals surface area contributed by atoms with Gasteiger partial charge in [0.15, 0.2) is 0 Å². The Hall–Kier alpha value is -2.41. The van der Waals surface area contributed by atoms with E-state index in [1.165, 1.54) is 9.80 Å². The normalized spacial score (nSPS) is 16.4. The number of nitrogens with zero attached hydrogens (tertiary/aromatic N) is 2. The molecule has 26 heavy (non-hydrogen) atoms. The molecule has 7 nitrogen and oxygen atoms in total. The van der Waals surface area contributed by atoms with Crippen molar-refractivity contribution in [3.8, 4) is 0 Å². The Balaban J connectivity index is 1.85. The number of benzene rings is 1. The van der Waals surface area contributed by atoms with E-state index < -0.39 is 17.8 Å². The number of amides is 2. The average molecular weight is 381 g/mol. The van der Waals surface area contributed by atoms with Gasteiger partial charge in [-0.2, -0.15) is 0 Å². The van der Waals surface area contributed by atoms with E-state index in [0.29, 0.717) is 31.0 Å². The molecule has 0 radical (unpaired) electrons. The number of hydrogen-bond donors (Lipinski definition) is 1. The summed E-state index contributed by atoms with van der Waals surface area (Å²) >= 11 is 5.83. The molecule has 1 aromatic carbocycles. The van der Waals surface area contributed by atoms with E-state index in [1.807, 2.05) is 12.1 Å². The van der Waals surface area contributed by atoms with Crippen LogP contribution in [0.1, 0.15) is 31.2 Å². The first-order valence-electron chi connectivity index (χ1n) is 8.34. The van der Waals surface area contributed by atoms with E-state index >= 15 is 0 Å². The molecule has 2 rings (SSSR count). The van der Waals surface area contributed by atoms with Crippen molar-refractivity contribution in [1.82, 2.24) is 9.80 Å². The minimum absolute atomic E-state index is 0.00735. The molecule has 0 bridgehead atoms. The molecule has 140 valence electrons. The van der Waals surface area contributed by atoms with Crippen molar-refractivity contribution in [2.75, 3.05) is 13.6 Å². The van der Waals surface area contributed by atoms with Crippen LogP contribution in [0.4, 0.5) is 0 Å². The van der Waals surface area contributed by atoms with Crippen LogP contribution in [0.5, 0.6) is 0 Å². The number of aliphatic carboxylic acids is 1. The Morgan fingerprint density at radius 3 is 2.46 bits per heavy atom. The smallest absolute Gasteiger partial charge is 0.374 e. The first-order valence-corrected chi connectivity index (χ1v) is 8.72. The van der Waals surface area contributed by atoms with Gasteiger partial charge in [0.05, 0.1) is 0 Å². The number of ketones is 1. The lowest BCUT2D eigenvalue weighted by atomic mass is 10.1. The van der Waals surface area contributed by atoms with Crippen molar-refractivity contribution < 1.29 is 24.3 Å². The SMILES string of the molecule is CN(Cc1ccc(Cl)cc1)C(=O)CCC(=O)N1CCCC1C(=O)C(=O)O. The van der Waals surface area contributed by atoms with Gasteiger partial charge in [-0.3, -0.25) is 14.4 Å². The Morgan fingerprint density at radius 2 is 1.85 bits per heavy atom. The number of likely N-dealkylation sites (tertiary alicyclic amines) is 1. The van der Waals surface area contributed by atoms with Crippen LogP contribution in [0.15, 0.2) is 24.3 Å². The van der Waals surface area contributed by atoms with Crippen molar-refractivity contribution in [3.63, 3.8) is 0 Å². The molecule has 8 heteroatoms. The second-order valence-corrected chi connectivity index (χ2v) is 6.73. The van der Waals surface area contributed by atoms with Crippen molar-refractivity contribution >= 4 is 35.2 Å². The highest BCUT2D eigenvalue weighted by molar-refractivity contribution is 6.35. The minimum Gasteiger partial charge on any atom is -0.475 e. The number of carboxylic acid groups (broad SMARTS) is 1. The van der Waals surface area contributed by atoms with E-state index in [4.69, 9.17) is 16.7 Å². The van der Waals surface area contributed by atoms with Gasteiger partial charge in [0.2, 0.25) is 11.8 Å². The Labute approximate surface area is 156 Å². The third kappa shape index (κ3) is 5.05. The maximum absolute atomic E-state index is 12.3. The van der Waals surface area contributed by atoms with E-state index in [-0.39, 0.29) is 24.7 Å². The van der Waals surface area contributed by atoms with E-state index in [9.17, 15) is 19.2 Å². The van der Waals surface area contributed by atoms with Crippen molar-refractivity contribution in [3.05, 3.63) is 34.9 Å². The van der Waals surface area contributed by atoms with Crippen molar-refractivity contribution in [1.29, 1.82) is 0 Å². The fourth-order valence-electron chi connectivity index (χ4n) is 2.98. The van der Waals surface area contributed by atoms with Crippen molar-refractivity contribution in [2.24, 2.45) is 0 Å². The van der Waals surface area contributed by atoms with Crippen LogP contribution in [0, 0.1) is 0 Å². The van der Waals surface area contributed by atoms with Gasteiger partial charge in [-0.15, -0.1) is 0 Å². The van der Waals surface area contributed by atoms with Crippen molar-refractivity contribution in [2.45, 2.75) is 38.3 Å². The van der Waals surface area contributed by atoms with E-state index in [2.05, 4.69) is 0 Å². The van der Waals surface area contributed by atoms with Gasteiger partial charge in [0.1, 0.15) is 6.04 Å². The Morgan fingerprint density at radius 1 is 1.19 bits per heavy atom. The monoisotopic (exact) mass is 380 g/mol. The summed E-state index contributed by atoms with van der Waals surface area (Å²) < 4.78 is 0. The third-order valence-electron chi connectivity index (χ3n) is 4.40. The van der Waals surface area contributed by atoms with Crippen LogP contribution < -0.4 is 0 Å². The first kappa shape index (κ1) is 19.9. The molecule has 1 aliphatic rings. The van der Waals surface area contributed by atoms with Crippen LogP contribution in [0.2, 0.25) is 5.02 Å². The topological polar surface area (TPSA) is 95.0 Å². The predicted molar refractivity (Wildman–Crippen MR) is 94.5 cm³/mol. The summed E-state index contributed by atoms with van der Waals surface area (Å²) in [5, 5.41) is 9.45. The Kier molecular flexibility index (Phi) is 6.74. The summed E-state index contributed by atoms with van der Waals surface area (Å²) in [5.41, 5.74) is 0.920. The van der Waals surface area contributed by atoms with Gasteiger partial charge < -0.3 is 14.9 Å². The molecule has 1 aromatic rings. The van der Waals surface area contributed by atoms with Gasteiger partial charge in [-0.25, -0.2) is 4.79 Å². The zero-order valence-corrected chi connectivity index (χ0v) is 15.2. The molecule has 1 unspecified atom stereocenters. The molecule has 0 aromatic heterocycles. The minimum atomic E-state index is -1.53. The maximum Gasteiger partial charge on any atom is 0.374 e. The number of carboxylic acids is 1. The fourth-order valence-corrected chi connectivity index (χ4v) is 3.11. The van der Waals surface area contributed by atoms with E-state index in [1.54, 1.807) is 19.2 Å². The van der Waals surface area contributed by atoms with Crippen LogP contribution in [-0.2, 0) is 25.7 Å². The second-order valence-electron chi connectivity index (χ2n) is 6.29. The van der Waals surface area contributed by atoms with Crippen LogP contribution in [0.25, 0.3) is 0 Å². The number of hydrogen-bond acceptors (Lipinski definition) is 4. The molecule has 1 saturated heterocycles. The first-order chi connectivity index (χ1) is 12.3. The molecule has 1 fully saturated rings. The molecular formula is C18H21ClN2O5.